The van der Waals surface area contributed by atoms with E-state index in [1.54, 1.807) is 6.92 Å². The molecule has 2 aromatic carbocycles. The predicted octanol–water partition coefficient (Wildman–Crippen LogP) is 7.48. The summed E-state index contributed by atoms with van der Waals surface area (Å²) in [7, 11) is 0. The fraction of sp³-hybridized carbons (Fsp3) is 0.414. The average Bonchev–Trinajstić information content (AvgIpc) is 2.83. The highest BCUT2D eigenvalue weighted by atomic mass is 16.5. The Kier molecular flexibility index (Phi) is 12.5. The number of hydrogen-bond acceptors (Lipinski definition) is 4. The molecule has 0 saturated heterocycles. The van der Waals surface area contributed by atoms with Crippen LogP contribution in [0.25, 0.3) is 12.2 Å². The zero-order valence-corrected chi connectivity index (χ0v) is 20.2. The summed E-state index contributed by atoms with van der Waals surface area (Å²) in [6, 6.07) is 16.3. The molecule has 0 atom stereocenters. The molecule has 2 aromatic rings. The minimum absolute atomic E-state index is 0.308. The number of unbranched alkanes of at least 4 members (excludes halogenated alkanes) is 5. The Morgan fingerprint density at radius 1 is 0.727 bits per heavy atom. The van der Waals surface area contributed by atoms with Gasteiger partial charge in [-0.1, -0.05) is 62.8 Å². The van der Waals surface area contributed by atoms with Crippen LogP contribution in [0.5, 0.6) is 11.5 Å². The van der Waals surface area contributed by atoms with Crippen molar-refractivity contribution in [1.29, 1.82) is 0 Å². The van der Waals surface area contributed by atoms with Gasteiger partial charge in [-0.3, -0.25) is 0 Å². The van der Waals surface area contributed by atoms with Gasteiger partial charge in [0.05, 0.1) is 19.8 Å². The van der Waals surface area contributed by atoms with E-state index < -0.39 is 0 Å². The second-order valence-corrected chi connectivity index (χ2v) is 8.21. The Morgan fingerprint density at radius 2 is 1.18 bits per heavy atom. The van der Waals surface area contributed by atoms with Crippen molar-refractivity contribution in [3.8, 4) is 11.5 Å². The Balaban J connectivity index is 1.62. The van der Waals surface area contributed by atoms with Crippen molar-refractivity contribution in [3.05, 3.63) is 71.8 Å². The molecule has 0 fully saturated rings. The van der Waals surface area contributed by atoms with Gasteiger partial charge in [-0.15, -0.1) is 0 Å². The lowest BCUT2D eigenvalue weighted by Gasteiger charge is -2.07. The number of rotatable bonds is 16. The first-order valence-electron chi connectivity index (χ1n) is 12.0. The van der Waals surface area contributed by atoms with Crippen LogP contribution < -0.4 is 9.47 Å². The van der Waals surface area contributed by atoms with E-state index in [9.17, 15) is 4.79 Å². The van der Waals surface area contributed by atoms with Crippen molar-refractivity contribution in [2.45, 2.75) is 58.8 Å². The molecule has 0 spiro atoms. The fourth-order valence-corrected chi connectivity index (χ4v) is 3.12. The van der Waals surface area contributed by atoms with Gasteiger partial charge in [0.1, 0.15) is 11.5 Å². The smallest absolute Gasteiger partial charge is 0.333 e. The molecule has 0 saturated carbocycles. The molecule has 2 rings (SSSR count). The second-order valence-electron chi connectivity index (χ2n) is 8.21. The molecular formula is C29H38O4. The first-order valence-corrected chi connectivity index (χ1v) is 12.0. The Morgan fingerprint density at radius 3 is 1.64 bits per heavy atom. The van der Waals surface area contributed by atoms with Crippen LogP contribution in [0, 0.1) is 0 Å². The van der Waals surface area contributed by atoms with Gasteiger partial charge in [0.25, 0.3) is 0 Å². The van der Waals surface area contributed by atoms with Crippen LogP contribution >= 0.6 is 0 Å². The molecule has 0 bridgehead atoms. The maximum Gasteiger partial charge on any atom is 0.333 e. The van der Waals surface area contributed by atoms with Crippen LogP contribution in [-0.4, -0.2) is 25.8 Å². The van der Waals surface area contributed by atoms with Crippen LogP contribution in [0.1, 0.15) is 69.9 Å². The normalized spacial score (nSPS) is 10.8. The van der Waals surface area contributed by atoms with Gasteiger partial charge < -0.3 is 14.2 Å². The molecule has 0 unspecified atom stereocenters. The van der Waals surface area contributed by atoms with Crippen molar-refractivity contribution < 1.29 is 19.0 Å². The maximum absolute atomic E-state index is 11.3. The molecule has 4 nitrogen and oxygen atoms in total. The van der Waals surface area contributed by atoms with Crippen LogP contribution in [0.15, 0.2) is 60.7 Å². The SMILES string of the molecule is C=C(C)C(=O)OCCCCCCOc1ccc(/C=C/c2ccc(OCCCCC)cc2)cc1. The van der Waals surface area contributed by atoms with Crippen LogP contribution in [0.4, 0.5) is 0 Å². The number of carbonyl (C=O) groups is 1. The van der Waals surface area contributed by atoms with Gasteiger partial charge in [0.15, 0.2) is 0 Å². The highest BCUT2D eigenvalue weighted by Crippen LogP contribution is 2.17. The van der Waals surface area contributed by atoms with Crippen molar-refractivity contribution in [2.24, 2.45) is 0 Å². The first-order chi connectivity index (χ1) is 16.1. The summed E-state index contributed by atoms with van der Waals surface area (Å²) in [6.45, 7) is 9.35. The van der Waals surface area contributed by atoms with Crippen molar-refractivity contribution in [1.82, 2.24) is 0 Å². The number of hydrogen-bond donors (Lipinski definition) is 0. The van der Waals surface area contributed by atoms with E-state index in [0.717, 1.165) is 61.3 Å². The van der Waals surface area contributed by atoms with Crippen LogP contribution in [0.2, 0.25) is 0 Å². The summed E-state index contributed by atoms with van der Waals surface area (Å²) in [4.78, 5) is 11.3. The monoisotopic (exact) mass is 450 g/mol. The molecule has 0 amide bonds. The van der Waals surface area contributed by atoms with E-state index in [1.807, 2.05) is 24.3 Å². The molecule has 33 heavy (non-hydrogen) atoms. The molecular weight excluding hydrogens is 412 g/mol. The molecule has 4 heteroatoms. The van der Waals surface area contributed by atoms with E-state index in [0.29, 0.717) is 18.8 Å². The van der Waals surface area contributed by atoms with Gasteiger partial charge in [-0.25, -0.2) is 4.79 Å². The average molecular weight is 451 g/mol. The summed E-state index contributed by atoms with van der Waals surface area (Å²) >= 11 is 0. The third-order valence-corrected chi connectivity index (χ3v) is 5.13. The van der Waals surface area contributed by atoms with E-state index in [-0.39, 0.29) is 5.97 Å². The molecule has 178 valence electrons. The number of esters is 1. The largest absolute Gasteiger partial charge is 0.494 e. The Labute approximate surface area is 199 Å². The summed E-state index contributed by atoms with van der Waals surface area (Å²) < 4.78 is 16.7. The highest BCUT2D eigenvalue weighted by molar-refractivity contribution is 5.86. The summed E-state index contributed by atoms with van der Waals surface area (Å²) in [6.07, 6.45) is 11.6. The molecule has 0 aromatic heterocycles. The standard InChI is InChI=1S/C29H38O4/c1-4-5-8-21-31-27-17-13-25(14-18-27)11-12-26-15-19-28(20-16-26)32-22-9-6-7-10-23-33-29(30)24(2)3/h11-20H,2,4-10,21-23H2,1,3H3/b12-11+. The molecule has 0 aliphatic heterocycles. The zero-order chi connectivity index (χ0) is 23.7. The molecule has 0 aliphatic carbocycles. The van der Waals surface area contributed by atoms with Gasteiger partial charge in [0, 0.05) is 5.57 Å². The fourth-order valence-electron chi connectivity index (χ4n) is 3.12. The first kappa shape index (κ1) is 26.2. The molecule has 0 N–H and O–H groups in total. The molecule has 0 heterocycles. The van der Waals surface area contributed by atoms with Gasteiger partial charge in [0.2, 0.25) is 0 Å². The highest BCUT2D eigenvalue weighted by Gasteiger charge is 2.02. The third-order valence-electron chi connectivity index (χ3n) is 5.13. The van der Waals surface area contributed by atoms with Crippen molar-refractivity contribution >= 4 is 18.1 Å². The van der Waals surface area contributed by atoms with E-state index in [1.165, 1.54) is 12.8 Å². The van der Waals surface area contributed by atoms with E-state index in [4.69, 9.17) is 14.2 Å². The Hall–Kier alpha value is -3.01. The summed E-state index contributed by atoms with van der Waals surface area (Å²) in [5, 5.41) is 0. The van der Waals surface area contributed by atoms with E-state index in [2.05, 4.69) is 49.9 Å². The third kappa shape index (κ3) is 11.4. The quantitative estimate of drug-likeness (QED) is 0.115. The molecule has 0 aliphatic rings. The van der Waals surface area contributed by atoms with Crippen LogP contribution in [-0.2, 0) is 9.53 Å². The number of ether oxygens (including phenoxy) is 3. The Bertz CT molecular complexity index is 850. The van der Waals surface area contributed by atoms with Gasteiger partial charge in [-0.2, -0.15) is 0 Å². The lowest BCUT2D eigenvalue weighted by atomic mass is 10.1. The lowest BCUT2D eigenvalue weighted by molar-refractivity contribution is -0.139. The minimum atomic E-state index is -0.308. The van der Waals surface area contributed by atoms with Gasteiger partial charge in [-0.05, 0) is 74.4 Å². The van der Waals surface area contributed by atoms with Crippen molar-refractivity contribution in [3.63, 3.8) is 0 Å². The zero-order valence-electron chi connectivity index (χ0n) is 20.2. The minimum Gasteiger partial charge on any atom is -0.494 e. The summed E-state index contributed by atoms with van der Waals surface area (Å²) in [5.41, 5.74) is 2.72. The van der Waals surface area contributed by atoms with Gasteiger partial charge >= 0.3 is 5.97 Å². The lowest BCUT2D eigenvalue weighted by Crippen LogP contribution is -2.06. The topological polar surface area (TPSA) is 44.8 Å². The van der Waals surface area contributed by atoms with Crippen LogP contribution in [0.3, 0.4) is 0 Å². The number of benzene rings is 2. The van der Waals surface area contributed by atoms with Crippen molar-refractivity contribution in [2.75, 3.05) is 19.8 Å². The predicted molar refractivity (Wildman–Crippen MR) is 137 cm³/mol. The van der Waals surface area contributed by atoms with E-state index >= 15 is 0 Å². The second kappa shape index (κ2) is 15.7. The summed E-state index contributed by atoms with van der Waals surface area (Å²) in [5.74, 6) is 1.50. The number of carbonyl (C=O) groups excluding carboxylic acids is 1. The molecule has 0 radical (unpaired) electrons. The maximum atomic E-state index is 11.3.